The lowest BCUT2D eigenvalue weighted by molar-refractivity contribution is 0.415. The minimum absolute atomic E-state index is 0.349. The van der Waals surface area contributed by atoms with Crippen LogP contribution in [0.15, 0.2) is 55.1 Å². The van der Waals surface area contributed by atoms with E-state index in [0.29, 0.717) is 5.92 Å². The summed E-state index contributed by atoms with van der Waals surface area (Å²) >= 11 is 0. The molecule has 0 fully saturated rings. The van der Waals surface area contributed by atoms with Crippen molar-refractivity contribution in [3.05, 3.63) is 94.1 Å². The van der Waals surface area contributed by atoms with Crippen LogP contribution in [0.4, 0.5) is 0 Å². The standard InChI is InChI=1S/C36H38N2O2/c1-9-10-24-16-27(40-8)18-30-33-23(6)28(15-21(4)35(33)38-36(24)30)19(2)13-25-14-20(3)34-32(22(25)5)29-17-26(39-7)11-12-31(29)37-34/h9,11-12,14-19,37-38H,1,10,13H2,2-8H3. The van der Waals surface area contributed by atoms with E-state index in [9.17, 15) is 0 Å². The Labute approximate surface area is 236 Å². The van der Waals surface area contributed by atoms with Crippen molar-refractivity contribution in [3.8, 4) is 11.5 Å². The van der Waals surface area contributed by atoms with E-state index >= 15 is 0 Å². The first-order valence-electron chi connectivity index (χ1n) is 14.1. The van der Waals surface area contributed by atoms with Gasteiger partial charge in [0.2, 0.25) is 0 Å². The number of allylic oxidation sites excluding steroid dienone is 1. The third-order valence-electron chi connectivity index (χ3n) is 8.84. The van der Waals surface area contributed by atoms with Crippen LogP contribution in [-0.2, 0) is 12.8 Å². The van der Waals surface area contributed by atoms with Crippen LogP contribution in [-0.4, -0.2) is 24.2 Å². The lowest BCUT2D eigenvalue weighted by Gasteiger charge is -2.19. The zero-order chi connectivity index (χ0) is 28.3. The summed E-state index contributed by atoms with van der Waals surface area (Å²) in [6.45, 7) is 15.3. The maximum Gasteiger partial charge on any atom is 0.119 e. The predicted octanol–water partition coefficient (Wildman–Crippen LogP) is 9.28. The maximum absolute atomic E-state index is 5.69. The number of rotatable bonds is 7. The summed E-state index contributed by atoms with van der Waals surface area (Å²) in [5, 5.41) is 5.05. The molecule has 2 N–H and O–H groups in total. The van der Waals surface area contributed by atoms with Crippen LogP contribution in [0.2, 0.25) is 0 Å². The number of aryl methyl sites for hydroxylation is 4. The van der Waals surface area contributed by atoms with E-state index in [2.05, 4.69) is 87.6 Å². The van der Waals surface area contributed by atoms with E-state index in [1.807, 2.05) is 12.1 Å². The Kier molecular flexibility index (Phi) is 6.37. The monoisotopic (exact) mass is 530 g/mol. The van der Waals surface area contributed by atoms with Crippen molar-refractivity contribution >= 4 is 43.6 Å². The summed E-state index contributed by atoms with van der Waals surface area (Å²) in [6.07, 6.45) is 3.72. The summed E-state index contributed by atoms with van der Waals surface area (Å²) < 4.78 is 11.2. The van der Waals surface area contributed by atoms with Gasteiger partial charge in [-0.25, -0.2) is 0 Å². The Bertz CT molecular complexity index is 1950. The second kappa shape index (κ2) is 9.78. The first kappa shape index (κ1) is 26.1. The van der Waals surface area contributed by atoms with Crippen molar-refractivity contribution in [1.82, 2.24) is 9.97 Å². The molecule has 0 aliphatic rings. The molecule has 6 aromatic rings. The van der Waals surface area contributed by atoms with Gasteiger partial charge in [-0.15, -0.1) is 6.58 Å². The van der Waals surface area contributed by atoms with E-state index < -0.39 is 0 Å². The van der Waals surface area contributed by atoms with Gasteiger partial charge >= 0.3 is 0 Å². The van der Waals surface area contributed by atoms with Crippen LogP contribution in [0.5, 0.6) is 11.5 Å². The van der Waals surface area contributed by atoms with Crippen molar-refractivity contribution in [2.24, 2.45) is 0 Å². The number of nitrogens with one attached hydrogen (secondary N) is 2. The Morgan fingerprint density at radius 1 is 0.750 bits per heavy atom. The average Bonchev–Trinajstić information content (AvgIpc) is 3.53. The fraction of sp³-hybridized carbons (Fsp3) is 0.278. The lowest BCUT2D eigenvalue weighted by Crippen LogP contribution is -2.04. The molecule has 0 radical (unpaired) electrons. The molecule has 0 bridgehead atoms. The lowest BCUT2D eigenvalue weighted by atomic mass is 9.85. The minimum atomic E-state index is 0.349. The van der Waals surface area contributed by atoms with Crippen molar-refractivity contribution in [3.63, 3.8) is 0 Å². The maximum atomic E-state index is 5.69. The number of fused-ring (bicyclic) bond motifs is 6. The quantitative estimate of drug-likeness (QED) is 0.202. The minimum Gasteiger partial charge on any atom is -0.497 e. The Morgan fingerprint density at radius 3 is 2.15 bits per heavy atom. The van der Waals surface area contributed by atoms with Gasteiger partial charge < -0.3 is 19.4 Å². The molecule has 0 amide bonds. The van der Waals surface area contributed by atoms with Crippen LogP contribution in [0.3, 0.4) is 0 Å². The highest BCUT2D eigenvalue weighted by Crippen LogP contribution is 2.40. The van der Waals surface area contributed by atoms with Gasteiger partial charge in [0.25, 0.3) is 0 Å². The molecule has 4 aromatic carbocycles. The summed E-state index contributed by atoms with van der Waals surface area (Å²) in [4.78, 5) is 7.40. The third-order valence-corrected chi connectivity index (χ3v) is 8.84. The van der Waals surface area contributed by atoms with Gasteiger partial charge in [-0.1, -0.05) is 25.1 Å². The fourth-order valence-corrected chi connectivity index (χ4v) is 6.77. The highest BCUT2D eigenvalue weighted by atomic mass is 16.5. The van der Waals surface area contributed by atoms with Gasteiger partial charge in [-0.05, 0) is 116 Å². The Morgan fingerprint density at radius 2 is 1.43 bits per heavy atom. The molecule has 2 aromatic heterocycles. The molecule has 0 saturated carbocycles. The molecule has 0 aliphatic carbocycles. The van der Waals surface area contributed by atoms with E-state index in [1.165, 1.54) is 77.0 Å². The number of methoxy groups -OCH3 is 2. The van der Waals surface area contributed by atoms with Crippen molar-refractivity contribution < 1.29 is 9.47 Å². The van der Waals surface area contributed by atoms with E-state index in [-0.39, 0.29) is 0 Å². The Hall–Kier alpha value is -4.18. The number of benzene rings is 4. The molecular weight excluding hydrogens is 492 g/mol. The number of aromatic nitrogens is 2. The summed E-state index contributed by atoms with van der Waals surface area (Å²) in [6, 6.07) is 15.4. The average molecular weight is 531 g/mol. The van der Waals surface area contributed by atoms with Crippen LogP contribution in [0.1, 0.15) is 51.8 Å². The molecule has 1 atom stereocenters. The second-order valence-corrected chi connectivity index (χ2v) is 11.4. The van der Waals surface area contributed by atoms with Gasteiger partial charge in [0.1, 0.15) is 11.5 Å². The second-order valence-electron chi connectivity index (χ2n) is 11.4. The highest BCUT2D eigenvalue weighted by Gasteiger charge is 2.21. The molecule has 2 heterocycles. The number of H-pyrrole nitrogens is 2. The molecule has 0 saturated heterocycles. The van der Waals surface area contributed by atoms with Crippen LogP contribution in [0, 0.1) is 27.7 Å². The van der Waals surface area contributed by atoms with Gasteiger partial charge in [-0.3, -0.25) is 0 Å². The fourth-order valence-electron chi connectivity index (χ4n) is 6.77. The van der Waals surface area contributed by atoms with Gasteiger partial charge in [0.15, 0.2) is 0 Å². The highest BCUT2D eigenvalue weighted by molar-refractivity contribution is 6.12. The molecule has 40 heavy (non-hydrogen) atoms. The molecule has 0 aliphatic heterocycles. The molecule has 4 nitrogen and oxygen atoms in total. The first-order valence-corrected chi connectivity index (χ1v) is 14.1. The first-order chi connectivity index (χ1) is 19.2. The summed E-state index contributed by atoms with van der Waals surface area (Å²) in [7, 11) is 3.47. The zero-order valence-electron chi connectivity index (χ0n) is 24.6. The summed E-state index contributed by atoms with van der Waals surface area (Å²) in [5.74, 6) is 2.12. The van der Waals surface area contributed by atoms with Gasteiger partial charge in [-0.2, -0.15) is 0 Å². The Balaban J connectivity index is 1.49. The van der Waals surface area contributed by atoms with Gasteiger partial charge in [0.05, 0.1) is 19.7 Å². The van der Waals surface area contributed by atoms with E-state index in [4.69, 9.17) is 9.47 Å². The number of ether oxygens (including phenoxy) is 2. The van der Waals surface area contributed by atoms with Crippen LogP contribution >= 0.6 is 0 Å². The van der Waals surface area contributed by atoms with E-state index in [0.717, 1.165) is 29.9 Å². The summed E-state index contributed by atoms with van der Waals surface area (Å²) in [5.41, 5.74) is 14.0. The predicted molar refractivity (Wildman–Crippen MR) is 170 cm³/mol. The van der Waals surface area contributed by atoms with Crippen LogP contribution < -0.4 is 9.47 Å². The van der Waals surface area contributed by atoms with Crippen LogP contribution in [0.25, 0.3) is 43.6 Å². The molecule has 0 spiro atoms. The van der Waals surface area contributed by atoms with E-state index in [1.54, 1.807) is 14.2 Å². The smallest absolute Gasteiger partial charge is 0.119 e. The molecule has 1 unspecified atom stereocenters. The normalized spacial score (nSPS) is 12.6. The molecule has 6 rings (SSSR count). The third kappa shape index (κ3) is 3.97. The zero-order valence-corrected chi connectivity index (χ0v) is 24.6. The van der Waals surface area contributed by atoms with Crippen molar-refractivity contribution in [1.29, 1.82) is 0 Å². The van der Waals surface area contributed by atoms with Crippen molar-refractivity contribution in [2.75, 3.05) is 14.2 Å². The molecule has 4 heteroatoms. The van der Waals surface area contributed by atoms with Gasteiger partial charge in [0, 0.05) is 38.1 Å². The molecular formula is C36H38N2O2. The number of hydrogen-bond donors (Lipinski definition) is 2. The topological polar surface area (TPSA) is 50.0 Å². The largest absolute Gasteiger partial charge is 0.497 e. The molecule has 204 valence electrons. The SMILES string of the molecule is C=CCc1cc(OC)cc2c1[nH]c1c(C)cc(C(C)Cc3cc(C)c4[nH]c5ccc(OC)cc5c4c3C)c(C)c12. The number of aromatic amines is 2. The van der Waals surface area contributed by atoms with Crippen molar-refractivity contribution in [2.45, 2.75) is 53.4 Å². The number of hydrogen-bond acceptors (Lipinski definition) is 2.